The van der Waals surface area contributed by atoms with E-state index < -0.39 is 22.3 Å². The molecule has 1 aromatic heterocycles. The van der Waals surface area contributed by atoms with Crippen LogP contribution in [0.2, 0.25) is 0 Å². The van der Waals surface area contributed by atoms with Gasteiger partial charge in [-0.3, -0.25) is 10.1 Å². The molecule has 0 N–H and O–H groups in total. The van der Waals surface area contributed by atoms with Crippen molar-refractivity contribution in [2.24, 2.45) is 0 Å². The molecule has 0 saturated carbocycles. The van der Waals surface area contributed by atoms with Crippen molar-refractivity contribution in [2.45, 2.75) is 0 Å². The van der Waals surface area contributed by atoms with Crippen molar-refractivity contribution in [3.63, 3.8) is 0 Å². The van der Waals surface area contributed by atoms with Gasteiger partial charge in [0.05, 0.1) is 16.3 Å². The van der Waals surface area contributed by atoms with Gasteiger partial charge in [0, 0.05) is 0 Å². The van der Waals surface area contributed by atoms with Crippen molar-refractivity contribution in [2.75, 3.05) is 4.90 Å². The molecule has 0 spiro atoms. The topological polar surface area (TPSA) is 89.3 Å². The van der Waals surface area contributed by atoms with E-state index in [2.05, 4.69) is 0 Å². The van der Waals surface area contributed by atoms with Gasteiger partial charge < -0.3 is 0 Å². The van der Waals surface area contributed by atoms with E-state index >= 15 is 0 Å². The van der Waals surface area contributed by atoms with Crippen LogP contribution in [0.1, 0.15) is 0 Å². The largest absolute Gasteiger partial charge is 0.521 e. The SMILES string of the molecule is C#C[n+]1cc([N+](=O)[O-])cn(C(=O)N(c2ccccc2)c2ccccc2)c1=O. The van der Waals surface area contributed by atoms with Gasteiger partial charge in [-0.15, -0.1) is 9.13 Å². The number of nitrogens with zero attached hydrogens (tertiary/aromatic N) is 4. The van der Waals surface area contributed by atoms with E-state index in [-0.39, 0.29) is 0 Å². The number of aromatic nitrogens is 2. The predicted octanol–water partition coefficient (Wildman–Crippen LogP) is 2.29. The van der Waals surface area contributed by atoms with Gasteiger partial charge >= 0.3 is 17.4 Å². The van der Waals surface area contributed by atoms with Gasteiger partial charge in [-0.05, 0) is 24.3 Å². The maximum absolute atomic E-state index is 13.2. The van der Waals surface area contributed by atoms with Gasteiger partial charge in [0.15, 0.2) is 12.4 Å². The lowest BCUT2D eigenvalue weighted by atomic mass is 10.2. The highest BCUT2D eigenvalue weighted by Crippen LogP contribution is 2.25. The second kappa shape index (κ2) is 7.33. The second-order valence-corrected chi connectivity index (χ2v) is 5.38. The number of anilines is 2. The molecule has 132 valence electrons. The summed E-state index contributed by atoms with van der Waals surface area (Å²) in [6.07, 6.45) is 6.99. The van der Waals surface area contributed by atoms with Crippen LogP contribution < -0.4 is 15.2 Å². The Labute approximate surface area is 153 Å². The number of hydrogen-bond acceptors (Lipinski definition) is 4. The van der Waals surface area contributed by atoms with Crippen LogP contribution in [0.15, 0.2) is 77.9 Å². The third-order valence-corrected chi connectivity index (χ3v) is 3.71. The number of para-hydroxylation sites is 2. The molecule has 0 aliphatic heterocycles. The van der Waals surface area contributed by atoms with Crippen LogP contribution in [0.4, 0.5) is 21.9 Å². The van der Waals surface area contributed by atoms with Gasteiger partial charge in [-0.1, -0.05) is 42.8 Å². The molecule has 27 heavy (non-hydrogen) atoms. The number of terminal acetylenes is 1. The Morgan fingerprint density at radius 1 is 1.07 bits per heavy atom. The average Bonchev–Trinajstić information content (AvgIpc) is 2.69. The molecule has 0 saturated heterocycles. The number of benzene rings is 2. The van der Waals surface area contributed by atoms with E-state index in [0.717, 1.165) is 12.4 Å². The lowest BCUT2D eigenvalue weighted by molar-refractivity contribution is -0.608. The zero-order chi connectivity index (χ0) is 19.4. The minimum absolute atomic E-state index is 0.484. The van der Waals surface area contributed by atoms with Crippen molar-refractivity contribution in [1.82, 2.24) is 4.57 Å². The fourth-order valence-electron chi connectivity index (χ4n) is 2.48. The summed E-state index contributed by atoms with van der Waals surface area (Å²) >= 11 is 0. The number of rotatable bonds is 3. The molecule has 0 bridgehead atoms. The Morgan fingerprint density at radius 3 is 2.04 bits per heavy atom. The third kappa shape index (κ3) is 3.43. The summed E-state index contributed by atoms with van der Waals surface area (Å²) in [7, 11) is 0. The molecule has 2 aromatic carbocycles. The Morgan fingerprint density at radius 2 is 1.59 bits per heavy atom. The quantitative estimate of drug-likeness (QED) is 0.310. The van der Waals surface area contributed by atoms with E-state index in [4.69, 9.17) is 6.42 Å². The van der Waals surface area contributed by atoms with Crippen LogP contribution in [0.25, 0.3) is 0 Å². The molecule has 8 nitrogen and oxygen atoms in total. The fourth-order valence-corrected chi connectivity index (χ4v) is 2.48. The molecule has 3 aromatic rings. The van der Waals surface area contributed by atoms with Crippen molar-refractivity contribution in [1.29, 1.82) is 0 Å². The Bertz CT molecular complexity index is 1060. The predicted molar refractivity (Wildman–Crippen MR) is 97.6 cm³/mol. The van der Waals surface area contributed by atoms with Crippen molar-refractivity contribution < 1.29 is 14.3 Å². The lowest BCUT2D eigenvalue weighted by Crippen LogP contribution is -2.54. The van der Waals surface area contributed by atoms with Crippen molar-refractivity contribution >= 4 is 23.1 Å². The zero-order valence-electron chi connectivity index (χ0n) is 13.9. The lowest BCUT2D eigenvalue weighted by Gasteiger charge is -2.20. The van der Waals surface area contributed by atoms with Gasteiger partial charge in [-0.2, -0.15) is 4.79 Å². The standard InChI is InChI=1S/C19H13N4O4/c1-2-20-13-17(23(26)27)14-21(18(20)24)19(25)22(15-9-5-3-6-10-15)16-11-7-4-8-12-16/h1,3-14H/q+1. The molecule has 0 fully saturated rings. The van der Waals surface area contributed by atoms with Crippen molar-refractivity contribution in [3.8, 4) is 12.5 Å². The number of carbonyl (C=O) groups is 1. The summed E-state index contributed by atoms with van der Waals surface area (Å²) in [6.45, 7) is 0. The summed E-state index contributed by atoms with van der Waals surface area (Å²) < 4.78 is 1.28. The van der Waals surface area contributed by atoms with E-state index in [0.29, 0.717) is 20.5 Å². The Kier molecular flexibility index (Phi) is 4.77. The summed E-state index contributed by atoms with van der Waals surface area (Å²) in [4.78, 5) is 37.4. The number of amides is 1. The highest BCUT2D eigenvalue weighted by Gasteiger charge is 2.30. The Hall–Kier alpha value is -4.25. The van der Waals surface area contributed by atoms with Gasteiger partial charge in [0.25, 0.3) is 0 Å². The molecular weight excluding hydrogens is 348 g/mol. The maximum Gasteiger partial charge on any atom is 0.521 e. The molecule has 3 rings (SSSR count). The summed E-state index contributed by atoms with van der Waals surface area (Å²) in [6, 6.07) is 18.4. The first-order chi connectivity index (χ1) is 13.0. The molecule has 0 unspecified atom stereocenters. The van der Waals surface area contributed by atoms with E-state index in [9.17, 15) is 19.7 Å². The molecule has 0 aliphatic rings. The normalized spacial score (nSPS) is 10.0. The zero-order valence-corrected chi connectivity index (χ0v) is 13.9. The number of nitro groups is 1. The number of hydrogen-bond donors (Lipinski definition) is 0. The first-order valence-electron chi connectivity index (χ1n) is 7.77. The van der Waals surface area contributed by atoms with Gasteiger partial charge in [-0.25, -0.2) is 9.69 Å². The molecule has 8 heteroatoms. The maximum atomic E-state index is 13.2. The molecule has 0 atom stereocenters. The van der Waals surface area contributed by atoms with Gasteiger partial charge in [0.1, 0.15) is 6.04 Å². The monoisotopic (exact) mass is 361 g/mol. The van der Waals surface area contributed by atoms with Crippen LogP contribution in [-0.2, 0) is 0 Å². The van der Waals surface area contributed by atoms with E-state index in [1.54, 1.807) is 60.7 Å². The van der Waals surface area contributed by atoms with Crippen LogP contribution in [0.5, 0.6) is 0 Å². The first kappa shape index (κ1) is 17.6. The summed E-state index contributed by atoms with van der Waals surface area (Å²) in [5.74, 6) is 0. The highest BCUT2D eigenvalue weighted by atomic mass is 16.6. The third-order valence-electron chi connectivity index (χ3n) is 3.71. The minimum atomic E-state index is -0.884. The molecular formula is C19H13N4O4+. The smallest absolute Gasteiger partial charge is 0.258 e. The molecule has 1 amide bonds. The molecule has 1 heterocycles. The highest BCUT2D eigenvalue weighted by molar-refractivity contribution is 6.00. The summed E-state index contributed by atoms with van der Waals surface area (Å²) in [5, 5.41) is 11.1. The van der Waals surface area contributed by atoms with E-state index in [1.807, 2.05) is 6.04 Å². The summed E-state index contributed by atoms with van der Waals surface area (Å²) in [5.41, 5.74) is -0.398. The van der Waals surface area contributed by atoms with Crippen LogP contribution in [0, 0.1) is 22.6 Å². The van der Waals surface area contributed by atoms with Crippen LogP contribution in [-0.4, -0.2) is 15.5 Å². The minimum Gasteiger partial charge on any atom is -0.258 e. The molecule has 0 radical (unpaired) electrons. The first-order valence-corrected chi connectivity index (χ1v) is 7.77. The van der Waals surface area contributed by atoms with Crippen LogP contribution >= 0.6 is 0 Å². The second-order valence-electron chi connectivity index (χ2n) is 5.38. The fraction of sp³-hybridized carbons (Fsp3) is 0. The van der Waals surface area contributed by atoms with E-state index in [1.165, 1.54) is 4.90 Å². The molecule has 0 aliphatic carbocycles. The Balaban J connectivity index is 2.22. The van der Waals surface area contributed by atoms with Crippen LogP contribution in [0.3, 0.4) is 0 Å². The average molecular weight is 361 g/mol. The number of carbonyl (C=O) groups excluding carboxylic acids is 1. The van der Waals surface area contributed by atoms with Gasteiger partial charge in [0.2, 0.25) is 0 Å². The van der Waals surface area contributed by atoms with Crippen molar-refractivity contribution in [3.05, 3.63) is 93.7 Å².